The first-order valence-electron chi connectivity index (χ1n) is 38.3. The van der Waals surface area contributed by atoms with E-state index >= 15 is 0 Å². The number of nitrogens with two attached hydrogens (primary N) is 2. The summed E-state index contributed by atoms with van der Waals surface area (Å²) in [6.45, 7) is 19.6. The van der Waals surface area contributed by atoms with Gasteiger partial charge in [0.1, 0.15) is 36.4 Å². The minimum atomic E-state index is -5.07. The molecule has 0 fully saturated rings. The Labute approximate surface area is 640 Å². The van der Waals surface area contributed by atoms with Crippen molar-refractivity contribution in [3.63, 3.8) is 0 Å². The molecule has 5 atom stereocenters. The molecule has 5 aromatic rings. The van der Waals surface area contributed by atoms with E-state index in [2.05, 4.69) is 57.6 Å². The van der Waals surface area contributed by atoms with Gasteiger partial charge in [0.05, 0.1) is 68.1 Å². The predicted molar refractivity (Wildman–Crippen MR) is 413 cm³/mol. The summed E-state index contributed by atoms with van der Waals surface area (Å²) >= 11 is 0. The van der Waals surface area contributed by atoms with E-state index in [0.29, 0.717) is 52.5 Å². The van der Waals surface area contributed by atoms with Gasteiger partial charge >= 0.3 is 39.4 Å². The molecule has 0 saturated heterocycles. The van der Waals surface area contributed by atoms with Gasteiger partial charge in [-0.1, -0.05) is 247 Å². The fraction of sp³-hybridized carbons (Fsp3) is 0.753. The quantitative estimate of drug-likeness (QED) is 0.00776. The molecule has 0 radical (unpaired) electrons. The molecule has 5 rings (SSSR count). The van der Waals surface area contributed by atoms with Crippen LogP contribution in [-0.2, 0) is 54.9 Å². The van der Waals surface area contributed by atoms with Crippen molar-refractivity contribution in [2.75, 3.05) is 37.4 Å². The van der Waals surface area contributed by atoms with Gasteiger partial charge in [-0.05, 0) is 61.1 Å². The van der Waals surface area contributed by atoms with Crippen LogP contribution in [0.1, 0.15) is 296 Å². The van der Waals surface area contributed by atoms with E-state index in [0.717, 1.165) is 68.1 Å². The zero-order chi connectivity index (χ0) is 81.1. The maximum absolute atomic E-state index is 12.9. The van der Waals surface area contributed by atoms with Crippen LogP contribution in [-0.4, -0.2) is 142 Å². The number of fused-ring (bicyclic) bond motifs is 2. The van der Waals surface area contributed by atoms with Gasteiger partial charge in [0, 0.05) is 10.7 Å². The van der Waals surface area contributed by atoms with Gasteiger partial charge in [0.25, 0.3) is 9.05 Å². The van der Waals surface area contributed by atoms with E-state index in [9.17, 15) is 58.4 Å². The zero-order valence-corrected chi connectivity index (χ0v) is 68.5. The van der Waals surface area contributed by atoms with Crippen LogP contribution in [0.5, 0.6) is 0 Å². The molecule has 0 aliphatic rings. The highest BCUT2D eigenvalue weighted by Gasteiger charge is 2.41. The number of benzene rings is 1. The third-order valence-electron chi connectivity index (χ3n) is 17.8. The summed E-state index contributed by atoms with van der Waals surface area (Å²) in [6.07, 6.45) is 27.0. The molecule has 35 heteroatoms. The molecule has 1 unspecified atom stereocenters. The standard InChI is InChI=1S/C29H50F3N6O5P.C20H38F3NO2.C15H23ClO2S.C9H14N5O4P/c1-3-4-5-6-7-8-9-10-11-12-13-14-15-16-17-24(37-28(39)29(30,31)32)19-43-44(40,41)22-42-23(2)18-38-21-36-25-26(33)34-20-35-27(25)38;1-2-3-4-5-6-7-8-9-10-11-12-13-14-15-16-18(17-25)24-19(26)20(21,22)23;1-9(2)12-7-13(10(3)4)15(19(16,17)18)14(8-12)11(5)6;1-6(18-5-19(15,16)17)2-14-4-13-7-8(10)11-3-12-9(7)14/h20-21,23-24H,3-19,22H2,1-2H3,(H,37,39)(H,40,41)(H2,33,34,35);18,25H,2-17H2,1H3,(H,24,26);7-11H,1-6H3;3-4,6H,2,5H2,1H3,(H2,10,11,12)(H2,15,16,17)/t23-,24-;18-;;6-/m11.1/s1. The second-order valence-electron chi connectivity index (χ2n) is 28.7. The molecule has 0 saturated carbocycles. The van der Waals surface area contributed by atoms with Crippen LogP contribution >= 0.6 is 25.9 Å². The number of nitrogens with one attached hydrogen (secondary N) is 2. The SMILES string of the molecule is CC(C)c1cc(C(C)C)c(S(=O)(=O)Cl)c(C(C)C)c1.CCCCCCCCCCCCCCCC[C@H](CO)NC(=O)C(F)(F)F.CCCCCCCCCCCCCCCC[C@H](COP(=O)(O)CO[C@H](C)Cn1cnc2c(N)ncnc21)NC(=O)C(F)(F)F.C[C@H](Cn1cnc2c(N)ncnc21)OCP(=O)(O)O. The molecular weight excluding hydrogens is 1500 g/mol. The second-order valence-corrected chi connectivity index (χ2v) is 34.6. The number of carbonyl (C=O) groups is 2. The first kappa shape index (κ1) is 98.9. The Morgan fingerprint density at radius 1 is 0.528 bits per heavy atom. The number of carbonyl (C=O) groups excluding carboxylic acids is 2. The number of amides is 2. The summed E-state index contributed by atoms with van der Waals surface area (Å²) in [5.74, 6) is -2.96. The third-order valence-corrected chi connectivity index (χ3v) is 20.8. The van der Waals surface area contributed by atoms with E-state index in [4.69, 9.17) is 51.0 Å². The van der Waals surface area contributed by atoms with Crippen molar-refractivity contribution < 1.29 is 87.3 Å². The van der Waals surface area contributed by atoms with Crippen molar-refractivity contribution in [2.24, 2.45) is 0 Å². The number of unbranched alkanes of at least 4 members (excludes halogenated alkanes) is 26. The molecule has 10 N–H and O–H groups in total. The number of halogens is 7. The summed E-state index contributed by atoms with van der Waals surface area (Å²) in [5.41, 5.74) is 16.2. The van der Waals surface area contributed by atoms with E-state index in [1.807, 2.05) is 50.5 Å². The van der Waals surface area contributed by atoms with Crippen LogP contribution in [0.25, 0.3) is 22.3 Å². The maximum atomic E-state index is 12.9. The number of aliphatic hydroxyl groups is 1. The lowest BCUT2D eigenvalue weighted by atomic mass is 9.89. The average Bonchev–Trinajstić information content (AvgIpc) is 1.39. The van der Waals surface area contributed by atoms with Crippen LogP contribution in [0.15, 0.2) is 42.3 Å². The molecular formula is C73H125ClF6N12O13P2S. The predicted octanol–water partition coefficient (Wildman–Crippen LogP) is 17.7. The molecule has 25 nitrogen and oxygen atoms in total. The molecule has 0 spiro atoms. The van der Waals surface area contributed by atoms with Crippen LogP contribution < -0.4 is 22.1 Å². The number of nitrogen functional groups attached to an aromatic ring is 2. The van der Waals surface area contributed by atoms with Crippen LogP contribution in [0.3, 0.4) is 0 Å². The van der Waals surface area contributed by atoms with Crippen molar-refractivity contribution >= 4 is 80.7 Å². The summed E-state index contributed by atoms with van der Waals surface area (Å²) in [7, 11) is -6.55. The van der Waals surface area contributed by atoms with E-state index in [-0.39, 0.29) is 36.4 Å². The lowest BCUT2D eigenvalue weighted by Gasteiger charge is -2.22. The number of alkyl halides is 6. The maximum Gasteiger partial charge on any atom is 0.471 e. The molecule has 0 aliphatic carbocycles. The minimum Gasteiger partial charge on any atom is -0.394 e. The zero-order valence-electron chi connectivity index (χ0n) is 65.1. The summed E-state index contributed by atoms with van der Waals surface area (Å²) < 4.78 is 141. The second kappa shape index (κ2) is 52.2. The lowest BCUT2D eigenvalue weighted by Crippen LogP contribution is -2.45. The normalized spacial score (nSPS) is 13.9. The number of aromatic nitrogens is 8. The highest BCUT2D eigenvalue weighted by atomic mass is 35.7. The first-order chi connectivity index (χ1) is 50.8. The fourth-order valence-electron chi connectivity index (χ4n) is 11.7. The third kappa shape index (κ3) is 41.9. The van der Waals surface area contributed by atoms with Crippen molar-refractivity contribution in [2.45, 2.75) is 334 Å². The largest absolute Gasteiger partial charge is 0.471 e. The first-order valence-corrected chi connectivity index (χ1v) is 44.2. The Kier molecular flexibility index (Phi) is 47.8. The van der Waals surface area contributed by atoms with Crippen LogP contribution in [0.4, 0.5) is 38.0 Å². The number of hydrogen-bond acceptors (Lipinski definition) is 18. The fourth-order valence-corrected chi connectivity index (χ4v) is 14.8. The number of nitrogens with zero attached hydrogens (tertiary/aromatic N) is 8. The van der Waals surface area contributed by atoms with Gasteiger partial charge in [-0.3, -0.25) is 18.7 Å². The molecule has 0 bridgehead atoms. The van der Waals surface area contributed by atoms with E-state index in [1.54, 1.807) is 23.0 Å². The lowest BCUT2D eigenvalue weighted by molar-refractivity contribution is -0.174. The number of anilines is 2. The van der Waals surface area contributed by atoms with Crippen molar-refractivity contribution in [1.82, 2.24) is 49.7 Å². The highest BCUT2D eigenvalue weighted by Crippen LogP contribution is 2.43. The Balaban J connectivity index is 0.000000525. The van der Waals surface area contributed by atoms with Crippen molar-refractivity contribution in [1.29, 1.82) is 0 Å². The molecule has 4 heterocycles. The van der Waals surface area contributed by atoms with Gasteiger partial charge < -0.3 is 65.0 Å². The Bertz CT molecular complexity index is 3530. The Morgan fingerprint density at radius 2 is 0.861 bits per heavy atom. The van der Waals surface area contributed by atoms with Crippen molar-refractivity contribution in [3.8, 4) is 0 Å². The molecule has 4 aromatic heterocycles. The number of aliphatic hydroxyl groups excluding tert-OH is 1. The summed E-state index contributed by atoms with van der Waals surface area (Å²) in [4.78, 5) is 74.5. The average molecular weight is 1620 g/mol. The summed E-state index contributed by atoms with van der Waals surface area (Å²) in [5, 5.41) is 12.8. The number of hydrogen-bond donors (Lipinski definition) is 8. The Morgan fingerprint density at radius 3 is 1.18 bits per heavy atom. The van der Waals surface area contributed by atoms with Crippen LogP contribution in [0.2, 0.25) is 0 Å². The number of rotatable bonds is 50. The molecule has 108 heavy (non-hydrogen) atoms. The smallest absolute Gasteiger partial charge is 0.394 e. The molecule has 2 amide bonds. The topological polar surface area (TPSA) is 374 Å². The van der Waals surface area contributed by atoms with Gasteiger partial charge in [-0.25, -0.2) is 38.3 Å². The monoisotopic (exact) mass is 1620 g/mol. The van der Waals surface area contributed by atoms with Gasteiger partial charge in [-0.2, -0.15) is 26.3 Å². The number of imidazole rings is 2. The van der Waals surface area contributed by atoms with Gasteiger partial charge in [0.2, 0.25) is 0 Å². The highest BCUT2D eigenvalue weighted by molar-refractivity contribution is 8.13. The Hall–Kier alpha value is -5.14. The summed E-state index contributed by atoms with van der Waals surface area (Å²) in [6, 6.07) is 2.09. The van der Waals surface area contributed by atoms with Gasteiger partial charge in [0.15, 0.2) is 22.9 Å². The number of ether oxygens (including phenoxy) is 2. The molecule has 620 valence electrons. The molecule has 1 aromatic carbocycles. The van der Waals surface area contributed by atoms with Crippen LogP contribution in [0, 0.1) is 0 Å². The van der Waals surface area contributed by atoms with E-state index in [1.165, 1.54) is 147 Å². The van der Waals surface area contributed by atoms with E-state index < -0.39 is 98.6 Å². The molecule has 0 aliphatic heterocycles. The van der Waals surface area contributed by atoms with Gasteiger partial charge in [-0.15, -0.1) is 0 Å². The minimum absolute atomic E-state index is 0.125. The van der Waals surface area contributed by atoms with Crippen molar-refractivity contribution in [3.05, 3.63) is 54.1 Å².